The molecule has 2 amide bonds. The van der Waals surface area contributed by atoms with Crippen LogP contribution in [-0.2, 0) is 6.42 Å². The molecule has 0 atom stereocenters. The molecule has 0 aliphatic carbocycles. The number of nitrogens with one attached hydrogen (secondary N) is 2. The monoisotopic (exact) mass is 299 g/mol. The van der Waals surface area contributed by atoms with Gasteiger partial charge in [0.2, 0.25) is 0 Å². The molecular formula is C16H17N3OS. The van der Waals surface area contributed by atoms with Crippen LogP contribution in [0, 0.1) is 0 Å². The van der Waals surface area contributed by atoms with Crippen LogP contribution >= 0.6 is 11.8 Å². The fourth-order valence-electron chi connectivity index (χ4n) is 2.41. The molecule has 3 rings (SSSR count). The Labute approximate surface area is 128 Å². The topological polar surface area (TPSA) is 67.2 Å². The second-order valence-electron chi connectivity index (χ2n) is 4.91. The molecule has 2 aromatic carbocycles. The molecule has 0 bridgehead atoms. The van der Waals surface area contributed by atoms with Gasteiger partial charge in [-0.05, 0) is 36.6 Å². The van der Waals surface area contributed by atoms with Gasteiger partial charge in [-0.2, -0.15) is 0 Å². The van der Waals surface area contributed by atoms with Crippen LogP contribution in [0.3, 0.4) is 0 Å². The molecule has 21 heavy (non-hydrogen) atoms. The number of urea groups is 1. The number of hydrogen-bond donors (Lipinski definition) is 3. The Morgan fingerprint density at radius 1 is 1.14 bits per heavy atom. The third-order valence-electron chi connectivity index (χ3n) is 3.40. The summed E-state index contributed by atoms with van der Waals surface area (Å²) >= 11 is 1.79. The summed E-state index contributed by atoms with van der Waals surface area (Å²) in [5.41, 5.74) is 8.67. The van der Waals surface area contributed by atoms with E-state index in [0.29, 0.717) is 6.54 Å². The Bertz CT molecular complexity index is 672. The molecule has 4 N–H and O–H groups in total. The zero-order chi connectivity index (χ0) is 14.7. The van der Waals surface area contributed by atoms with Gasteiger partial charge >= 0.3 is 6.03 Å². The Morgan fingerprint density at radius 3 is 2.81 bits per heavy atom. The summed E-state index contributed by atoms with van der Waals surface area (Å²) in [5, 5.41) is 6.15. The minimum Gasteiger partial charge on any atom is -0.353 e. The fourth-order valence-corrected chi connectivity index (χ4v) is 3.46. The maximum atomic E-state index is 10.7. The molecule has 108 valence electrons. The number of anilines is 2. The van der Waals surface area contributed by atoms with E-state index in [1.165, 1.54) is 21.0 Å². The summed E-state index contributed by atoms with van der Waals surface area (Å²) in [6, 6.07) is 14.2. The van der Waals surface area contributed by atoms with Crippen LogP contribution in [0.5, 0.6) is 0 Å². The number of para-hydroxylation sites is 2. The van der Waals surface area contributed by atoms with Gasteiger partial charge in [0.25, 0.3) is 0 Å². The van der Waals surface area contributed by atoms with Crippen molar-refractivity contribution in [3.63, 3.8) is 0 Å². The van der Waals surface area contributed by atoms with E-state index in [4.69, 9.17) is 5.73 Å². The number of rotatable bonds is 4. The lowest BCUT2D eigenvalue weighted by atomic mass is 10.1. The first-order valence-electron chi connectivity index (χ1n) is 6.93. The van der Waals surface area contributed by atoms with E-state index in [0.717, 1.165) is 18.5 Å². The van der Waals surface area contributed by atoms with Gasteiger partial charge in [-0.3, -0.25) is 0 Å². The summed E-state index contributed by atoms with van der Waals surface area (Å²) in [7, 11) is 0. The predicted molar refractivity (Wildman–Crippen MR) is 86.2 cm³/mol. The molecule has 1 aliphatic heterocycles. The van der Waals surface area contributed by atoms with E-state index in [1.54, 1.807) is 11.8 Å². The lowest BCUT2D eigenvalue weighted by Crippen LogP contribution is -2.30. The zero-order valence-corrected chi connectivity index (χ0v) is 12.4. The highest BCUT2D eigenvalue weighted by atomic mass is 32.2. The van der Waals surface area contributed by atoms with E-state index < -0.39 is 6.03 Å². The van der Waals surface area contributed by atoms with Crippen LogP contribution in [0.15, 0.2) is 52.3 Å². The first-order chi connectivity index (χ1) is 10.2. The second-order valence-corrected chi connectivity index (χ2v) is 5.99. The van der Waals surface area contributed by atoms with Gasteiger partial charge in [-0.15, -0.1) is 0 Å². The van der Waals surface area contributed by atoms with Gasteiger partial charge in [0.05, 0.1) is 11.4 Å². The van der Waals surface area contributed by atoms with Gasteiger partial charge in [0.1, 0.15) is 0 Å². The number of primary amides is 1. The van der Waals surface area contributed by atoms with Crippen LogP contribution in [-0.4, -0.2) is 12.6 Å². The number of hydrogen-bond acceptors (Lipinski definition) is 3. The van der Waals surface area contributed by atoms with Crippen molar-refractivity contribution in [2.24, 2.45) is 5.73 Å². The normalized spacial score (nSPS) is 12.0. The van der Waals surface area contributed by atoms with Gasteiger partial charge in [0, 0.05) is 16.3 Å². The SMILES string of the molecule is NC(=O)NCCCc1cccc2c1Nc1ccccc1S2. The molecule has 1 heterocycles. The molecule has 0 saturated heterocycles. The largest absolute Gasteiger partial charge is 0.353 e. The Kier molecular flexibility index (Phi) is 4.01. The molecule has 4 nitrogen and oxygen atoms in total. The highest BCUT2D eigenvalue weighted by molar-refractivity contribution is 7.99. The molecule has 1 aliphatic rings. The predicted octanol–water partition coefficient (Wildman–Crippen LogP) is 3.50. The average molecular weight is 299 g/mol. The van der Waals surface area contributed by atoms with Crippen molar-refractivity contribution < 1.29 is 4.79 Å². The summed E-state index contributed by atoms with van der Waals surface area (Å²) in [6.07, 6.45) is 1.77. The van der Waals surface area contributed by atoms with Crippen molar-refractivity contribution >= 4 is 29.2 Å². The van der Waals surface area contributed by atoms with Crippen molar-refractivity contribution in [3.8, 4) is 0 Å². The van der Waals surface area contributed by atoms with Crippen molar-refractivity contribution in [2.45, 2.75) is 22.6 Å². The van der Waals surface area contributed by atoms with Crippen LogP contribution < -0.4 is 16.4 Å². The van der Waals surface area contributed by atoms with E-state index in [9.17, 15) is 4.79 Å². The molecule has 2 aromatic rings. The first kappa shape index (κ1) is 13.8. The molecule has 0 radical (unpaired) electrons. The molecule has 0 fully saturated rings. The lowest BCUT2D eigenvalue weighted by molar-refractivity contribution is 0.249. The molecule has 0 unspecified atom stereocenters. The summed E-state index contributed by atoms with van der Waals surface area (Å²) in [5.74, 6) is 0. The fraction of sp³-hybridized carbons (Fsp3) is 0.188. The number of carbonyl (C=O) groups excluding carboxylic acids is 1. The molecule has 0 saturated carbocycles. The Balaban J connectivity index is 1.75. The lowest BCUT2D eigenvalue weighted by Gasteiger charge is -2.23. The highest BCUT2D eigenvalue weighted by Gasteiger charge is 2.17. The second kappa shape index (κ2) is 6.10. The van der Waals surface area contributed by atoms with Crippen molar-refractivity contribution in [1.82, 2.24) is 5.32 Å². The van der Waals surface area contributed by atoms with Crippen molar-refractivity contribution in [1.29, 1.82) is 0 Å². The third kappa shape index (κ3) is 3.13. The van der Waals surface area contributed by atoms with Crippen LogP contribution in [0.25, 0.3) is 0 Å². The van der Waals surface area contributed by atoms with Crippen LogP contribution in [0.1, 0.15) is 12.0 Å². The van der Waals surface area contributed by atoms with Crippen molar-refractivity contribution in [3.05, 3.63) is 48.0 Å². The van der Waals surface area contributed by atoms with Gasteiger partial charge in [-0.1, -0.05) is 36.0 Å². The molecule has 0 aromatic heterocycles. The van der Waals surface area contributed by atoms with E-state index >= 15 is 0 Å². The maximum absolute atomic E-state index is 10.7. The standard InChI is InChI=1S/C16H17N3OS/c17-16(20)18-10-4-6-11-5-3-9-14-15(11)19-12-7-1-2-8-13(12)21-14/h1-3,5,7-9,19H,4,6,10H2,(H3,17,18,20). The zero-order valence-electron chi connectivity index (χ0n) is 11.6. The Morgan fingerprint density at radius 2 is 1.95 bits per heavy atom. The quantitative estimate of drug-likeness (QED) is 0.646. The van der Waals surface area contributed by atoms with Crippen LogP contribution in [0.2, 0.25) is 0 Å². The molecule has 5 heteroatoms. The molecular weight excluding hydrogens is 282 g/mol. The number of nitrogens with two attached hydrogens (primary N) is 1. The van der Waals surface area contributed by atoms with E-state index in [-0.39, 0.29) is 0 Å². The summed E-state index contributed by atoms with van der Waals surface area (Å²) in [4.78, 5) is 13.2. The maximum Gasteiger partial charge on any atom is 0.312 e. The van der Waals surface area contributed by atoms with Crippen molar-refractivity contribution in [2.75, 3.05) is 11.9 Å². The number of benzene rings is 2. The van der Waals surface area contributed by atoms with Crippen LogP contribution in [0.4, 0.5) is 16.2 Å². The minimum absolute atomic E-state index is 0.465. The number of aryl methyl sites for hydroxylation is 1. The van der Waals surface area contributed by atoms with Gasteiger partial charge < -0.3 is 16.4 Å². The number of amides is 2. The summed E-state index contributed by atoms with van der Waals surface area (Å²) in [6.45, 7) is 0.600. The molecule has 0 spiro atoms. The minimum atomic E-state index is -0.465. The summed E-state index contributed by atoms with van der Waals surface area (Å²) < 4.78 is 0. The third-order valence-corrected chi connectivity index (χ3v) is 4.54. The highest BCUT2D eigenvalue weighted by Crippen LogP contribution is 2.45. The average Bonchev–Trinajstić information content (AvgIpc) is 2.49. The van der Waals surface area contributed by atoms with E-state index in [1.807, 2.05) is 6.07 Å². The van der Waals surface area contributed by atoms with Gasteiger partial charge in [0.15, 0.2) is 0 Å². The number of carbonyl (C=O) groups is 1. The van der Waals surface area contributed by atoms with E-state index in [2.05, 4.69) is 47.0 Å². The Hall–Kier alpha value is -2.14. The van der Waals surface area contributed by atoms with Gasteiger partial charge in [-0.25, -0.2) is 4.79 Å². The number of fused-ring (bicyclic) bond motifs is 2. The smallest absolute Gasteiger partial charge is 0.312 e. The first-order valence-corrected chi connectivity index (χ1v) is 7.75.